The van der Waals surface area contributed by atoms with Gasteiger partial charge in [-0.3, -0.25) is 4.79 Å². The summed E-state index contributed by atoms with van der Waals surface area (Å²) in [5.41, 5.74) is 1.42. The standard InChI is InChI=1S/C17H19NO4/c1-18-9-5-6-13(18)7-8-14(19)12-10-15(20-2)17(22-4)16(11-12)21-3/h5-11H,1-4H3/b8-7+. The highest BCUT2D eigenvalue weighted by Gasteiger charge is 2.15. The lowest BCUT2D eigenvalue weighted by Gasteiger charge is -2.13. The molecule has 0 radical (unpaired) electrons. The third-order valence-electron chi connectivity index (χ3n) is 3.34. The summed E-state index contributed by atoms with van der Waals surface area (Å²) < 4.78 is 17.7. The van der Waals surface area contributed by atoms with Gasteiger partial charge in [0.05, 0.1) is 21.3 Å². The van der Waals surface area contributed by atoms with Crippen LogP contribution in [0.5, 0.6) is 17.2 Å². The van der Waals surface area contributed by atoms with E-state index < -0.39 is 0 Å². The maximum Gasteiger partial charge on any atom is 0.203 e. The predicted molar refractivity (Wildman–Crippen MR) is 84.9 cm³/mol. The molecule has 0 amide bonds. The molecule has 0 saturated heterocycles. The van der Waals surface area contributed by atoms with Crippen LogP contribution in [-0.2, 0) is 7.05 Å². The molecular weight excluding hydrogens is 282 g/mol. The Labute approximate surface area is 129 Å². The van der Waals surface area contributed by atoms with Crippen LogP contribution in [0.1, 0.15) is 16.1 Å². The van der Waals surface area contributed by atoms with Crippen molar-refractivity contribution in [1.29, 1.82) is 0 Å². The van der Waals surface area contributed by atoms with E-state index in [-0.39, 0.29) is 5.78 Å². The van der Waals surface area contributed by atoms with Crippen molar-refractivity contribution in [3.63, 3.8) is 0 Å². The lowest BCUT2D eigenvalue weighted by molar-refractivity contribution is 0.104. The summed E-state index contributed by atoms with van der Waals surface area (Å²) in [7, 11) is 6.48. The second-order valence-electron chi connectivity index (χ2n) is 4.66. The summed E-state index contributed by atoms with van der Waals surface area (Å²) in [5.74, 6) is 1.24. The number of hydrogen-bond acceptors (Lipinski definition) is 4. The Morgan fingerprint density at radius 3 is 2.18 bits per heavy atom. The topological polar surface area (TPSA) is 49.7 Å². The van der Waals surface area contributed by atoms with Crippen LogP contribution in [0.15, 0.2) is 36.5 Å². The van der Waals surface area contributed by atoms with Crippen LogP contribution in [0.2, 0.25) is 0 Å². The molecule has 1 aromatic heterocycles. The molecule has 0 aliphatic heterocycles. The third kappa shape index (κ3) is 3.14. The van der Waals surface area contributed by atoms with Gasteiger partial charge in [0.1, 0.15) is 0 Å². The highest BCUT2D eigenvalue weighted by molar-refractivity contribution is 6.07. The van der Waals surface area contributed by atoms with E-state index in [0.29, 0.717) is 22.8 Å². The Balaban J connectivity index is 2.33. The van der Waals surface area contributed by atoms with Crippen molar-refractivity contribution in [2.45, 2.75) is 0 Å². The van der Waals surface area contributed by atoms with E-state index in [1.54, 1.807) is 18.2 Å². The van der Waals surface area contributed by atoms with Crippen molar-refractivity contribution >= 4 is 11.9 Å². The molecule has 0 saturated carbocycles. The van der Waals surface area contributed by atoms with E-state index in [1.165, 1.54) is 27.4 Å². The number of allylic oxidation sites excluding steroid dienone is 1. The first-order valence-corrected chi connectivity index (χ1v) is 6.74. The van der Waals surface area contributed by atoms with E-state index in [2.05, 4.69) is 0 Å². The molecule has 0 fully saturated rings. The number of rotatable bonds is 6. The number of nitrogens with zero attached hydrogens (tertiary/aromatic N) is 1. The fraction of sp³-hybridized carbons (Fsp3) is 0.235. The molecular formula is C17H19NO4. The van der Waals surface area contributed by atoms with Crippen molar-refractivity contribution < 1.29 is 19.0 Å². The maximum atomic E-state index is 12.3. The van der Waals surface area contributed by atoms with Crippen molar-refractivity contribution in [3.8, 4) is 17.2 Å². The zero-order valence-electron chi connectivity index (χ0n) is 13.1. The fourth-order valence-corrected chi connectivity index (χ4v) is 2.13. The molecule has 0 aliphatic rings. The first-order valence-electron chi connectivity index (χ1n) is 6.74. The Morgan fingerprint density at radius 1 is 1.09 bits per heavy atom. The fourth-order valence-electron chi connectivity index (χ4n) is 2.13. The molecule has 0 spiro atoms. The number of ether oxygens (including phenoxy) is 3. The summed E-state index contributed by atoms with van der Waals surface area (Å²) in [5, 5.41) is 0. The minimum Gasteiger partial charge on any atom is -0.493 e. The number of benzene rings is 1. The van der Waals surface area contributed by atoms with E-state index in [1.807, 2.05) is 29.9 Å². The lowest BCUT2D eigenvalue weighted by atomic mass is 10.1. The summed E-state index contributed by atoms with van der Waals surface area (Å²) in [6.45, 7) is 0. The Kier molecular flexibility index (Phi) is 4.88. The normalized spacial score (nSPS) is 10.7. The number of methoxy groups -OCH3 is 3. The number of hydrogen-bond donors (Lipinski definition) is 0. The Morgan fingerprint density at radius 2 is 1.73 bits per heavy atom. The maximum absolute atomic E-state index is 12.3. The summed E-state index contributed by atoms with van der Waals surface area (Å²) in [6, 6.07) is 7.13. The first-order chi connectivity index (χ1) is 10.6. The van der Waals surface area contributed by atoms with Crippen molar-refractivity contribution in [1.82, 2.24) is 4.57 Å². The molecule has 1 heterocycles. The summed E-state index contributed by atoms with van der Waals surface area (Å²) in [6.07, 6.45) is 5.21. The number of carbonyl (C=O) groups excluding carboxylic acids is 1. The van der Waals surface area contributed by atoms with Gasteiger partial charge in [-0.2, -0.15) is 0 Å². The number of aromatic nitrogens is 1. The van der Waals surface area contributed by atoms with Crippen molar-refractivity contribution in [2.75, 3.05) is 21.3 Å². The van der Waals surface area contributed by atoms with Crippen LogP contribution in [0, 0.1) is 0 Å². The average molecular weight is 301 g/mol. The van der Waals surface area contributed by atoms with E-state index in [9.17, 15) is 4.79 Å². The monoisotopic (exact) mass is 301 g/mol. The van der Waals surface area contributed by atoms with Gasteiger partial charge in [-0.1, -0.05) is 0 Å². The van der Waals surface area contributed by atoms with Crippen LogP contribution in [0.25, 0.3) is 6.08 Å². The highest BCUT2D eigenvalue weighted by atomic mass is 16.5. The van der Waals surface area contributed by atoms with Crippen LogP contribution >= 0.6 is 0 Å². The van der Waals surface area contributed by atoms with E-state index in [4.69, 9.17) is 14.2 Å². The van der Waals surface area contributed by atoms with Crippen molar-refractivity contribution in [3.05, 3.63) is 47.8 Å². The second kappa shape index (κ2) is 6.85. The molecule has 5 nitrogen and oxygen atoms in total. The molecule has 116 valence electrons. The Hall–Kier alpha value is -2.69. The van der Waals surface area contributed by atoms with Gasteiger partial charge >= 0.3 is 0 Å². The van der Waals surface area contributed by atoms with Crippen molar-refractivity contribution in [2.24, 2.45) is 7.05 Å². The minimum atomic E-state index is -0.138. The van der Waals surface area contributed by atoms with Gasteiger partial charge in [0.25, 0.3) is 0 Å². The molecule has 1 aromatic carbocycles. The number of aryl methyl sites for hydroxylation is 1. The van der Waals surface area contributed by atoms with Gasteiger partial charge in [-0.15, -0.1) is 0 Å². The lowest BCUT2D eigenvalue weighted by Crippen LogP contribution is -2.00. The van der Waals surface area contributed by atoms with Gasteiger partial charge in [0.15, 0.2) is 17.3 Å². The van der Waals surface area contributed by atoms with E-state index >= 15 is 0 Å². The van der Waals surface area contributed by atoms with Crippen LogP contribution in [0.3, 0.4) is 0 Å². The quantitative estimate of drug-likeness (QED) is 0.608. The minimum absolute atomic E-state index is 0.138. The number of carbonyl (C=O) groups is 1. The average Bonchev–Trinajstić information content (AvgIpc) is 2.96. The largest absolute Gasteiger partial charge is 0.493 e. The number of ketones is 1. The molecule has 22 heavy (non-hydrogen) atoms. The van der Waals surface area contributed by atoms with Crippen LogP contribution in [0.4, 0.5) is 0 Å². The van der Waals surface area contributed by atoms with Gasteiger partial charge in [0.2, 0.25) is 5.75 Å². The third-order valence-corrected chi connectivity index (χ3v) is 3.34. The predicted octanol–water partition coefficient (Wildman–Crippen LogP) is 2.95. The van der Waals surface area contributed by atoms with Gasteiger partial charge in [0, 0.05) is 24.5 Å². The molecule has 5 heteroatoms. The Bertz CT molecular complexity index is 675. The molecule has 0 aliphatic carbocycles. The first kappa shape index (κ1) is 15.7. The zero-order chi connectivity index (χ0) is 16.1. The van der Waals surface area contributed by atoms with E-state index in [0.717, 1.165) is 5.69 Å². The smallest absolute Gasteiger partial charge is 0.203 e. The molecule has 2 aromatic rings. The van der Waals surface area contributed by atoms with Gasteiger partial charge in [-0.25, -0.2) is 0 Å². The molecule has 0 atom stereocenters. The summed E-state index contributed by atoms with van der Waals surface area (Å²) in [4.78, 5) is 12.3. The highest BCUT2D eigenvalue weighted by Crippen LogP contribution is 2.38. The summed E-state index contributed by atoms with van der Waals surface area (Å²) >= 11 is 0. The molecule has 0 unspecified atom stereocenters. The van der Waals surface area contributed by atoms with Crippen LogP contribution in [-0.4, -0.2) is 31.7 Å². The second-order valence-corrected chi connectivity index (χ2v) is 4.66. The van der Waals surface area contributed by atoms with Gasteiger partial charge in [-0.05, 0) is 36.4 Å². The molecule has 2 rings (SSSR count). The SMILES string of the molecule is COc1cc(C(=O)/C=C/c2cccn2C)cc(OC)c1OC. The molecule has 0 bridgehead atoms. The molecule has 0 N–H and O–H groups in total. The van der Waals surface area contributed by atoms with Crippen LogP contribution < -0.4 is 14.2 Å². The zero-order valence-corrected chi connectivity index (χ0v) is 13.1. The van der Waals surface area contributed by atoms with Gasteiger partial charge < -0.3 is 18.8 Å².